The first-order chi connectivity index (χ1) is 27.2. The molecule has 0 radical (unpaired) electrons. The minimum atomic E-state index is -1.47. The second-order valence-corrected chi connectivity index (χ2v) is 15.3. The van der Waals surface area contributed by atoms with E-state index < -0.39 is 41.0 Å². The molecule has 1 saturated heterocycles. The quantitative estimate of drug-likeness (QED) is 0.0867. The summed E-state index contributed by atoms with van der Waals surface area (Å²) >= 11 is 0. The van der Waals surface area contributed by atoms with Gasteiger partial charge in [0.2, 0.25) is 11.8 Å². The maximum atomic E-state index is 15.3. The van der Waals surface area contributed by atoms with E-state index >= 15 is 9.59 Å². The van der Waals surface area contributed by atoms with Gasteiger partial charge in [-0.2, -0.15) is 0 Å². The van der Waals surface area contributed by atoms with Crippen LogP contribution in [0.4, 0.5) is 0 Å². The number of amides is 2. The fourth-order valence-corrected chi connectivity index (χ4v) is 9.83. The van der Waals surface area contributed by atoms with Crippen molar-refractivity contribution in [2.24, 2.45) is 23.7 Å². The van der Waals surface area contributed by atoms with Crippen molar-refractivity contribution < 1.29 is 38.9 Å². The summed E-state index contributed by atoms with van der Waals surface area (Å²) in [5.41, 5.74) is 2.25. The molecule has 2 N–H and O–H groups in total. The Morgan fingerprint density at radius 2 is 1.50 bits per heavy atom. The molecule has 4 aromatic carbocycles. The molecule has 4 aromatic rings. The average molecular weight is 750 g/mol. The zero-order valence-electron chi connectivity index (χ0n) is 30.9. The highest BCUT2D eigenvalue weighted by atomic mass is 16.5. The van der Waals surface area contributed by atoms with Crippen LogP contribution < -0.4 is 4.74 Å². The lowest BCUT2D eigenvalue weighted by Gasteiger charge is -2.55. The van der Waals surface area contributed by atoms with Gasteiger partial charge in [-0.15, -0.1) is 0 Å². The normalized spacial score (nSPS) is 25.5. The van der Waals surface area contributed by atoms with Crippen molar-refractivity contribution in [3.8, 4) is 11.5 Å². The molecule has 9 heteroatoms. The SMILES string of the molecule is O=C(O)CCCCCN1C(=O)[C@H]2[C@H](CC=C3[C@H]2C[C@H]2C(=O)C(c4ccccc4)=CC(=O)[C@@]2(c2ccccc2)[C@H]3c2ccc(OCc3ccccc3)cc2O)C1=O. The summed E-state index contributed by atoms with van der Waals surface area (Å²) in [5, 5.41) is 21.0. The van der Waals surface area contributed by atoms with Crippen LogP contribution in [0.2, 0.25) is 0 Å². The molecule has 0 bridgehead atoms. The Labute approximate surface area is 325 Å². The number of carbonyl (C=O) groups is 5. The Balaban J connectivity index is 1.24. The standard InChI is InChI=1S/C47H43NO8/c49-39-25-32(56-28-29-13-5-1-6-14-29)20-21-34(39)43-33-22-23-35-42(46(55)48(45(35)54)24-12-4-11-19-41(51)52)37(33)26-38-44(53)36(30-15-7-2-8-16-30)27-40(50)47(38,43)31-17-9-3-10-18-31/h1-3,5-10,13-18,20-22,25,27,35,37-38,42-43,49H,4,11-12,19,23-24,26,28H2,(H,51,52)/t35-,37+,38-,42-,43+,47-/m0/s1. The second-order valence-electron chi connectivity index (χ2n) is 15.3. The van der Waals surface area contributed by atoms with Crippen molar-refractivity contribution in [1.82, 2.24) is 4.90 Å². The number of likely N-dealkylation sites (tertiary alicyclic amines) is 1. The number of ether oxygens (including phenoxy) is 1. The van der Waals surface area contributed by atoms with Gasteiger partial charge >= 0.3 is 5.97 Å². The number of hydrogen-bond donors (Lipinski definition) is 2. The molecule has 1 heterocycles. The number of carboxylic acid groups (broad SMARTS) is 1. The highest BCUT2D eigenvalue weighted by molar-refractivity contribution is 6.31. The summed E-state index contributed by atoms with van der Waals surface area (Å²) in [7, 11) is 0. The Bertz CT molecular complexity index is 2250. The molecule has 9 nitrogen and oxygen atoms in total. The number of carboxylic acids is 1. The van der Waals surface area contributed by atoms with Gasteiger partial charge in [0, 0.05) is 42.0 Å². The number of hydrogen-bond acceptors (Lipinski definition) is 7. The van der Waals surface area contributed by atoms with Gasteiger partial charge in [0.05, 0.1) is 17.3 Å². The van der Waals surface area contributed by atoms with Crippen LogP contribution in [0.1, 0.15) is 66.7 Å². The van der Waals surface area contributed by atoms with Gasteiger partial charge in [0.1, 0.15) is 18.1 Å². The molecule has 8 rings (SSSR count). The van der Waals surface area contributed by atoms with E-state index in [-0.39, 0.29) is 61.5 Å². The van der Waals surface area contributed by atoms with Crippen LogP contribution in [0, 0.1) is 23.7 Å². The minimum Gasteiger partial charge on any atom is -0.508 e. The number of fused-ring (bicyclic) bond motifs is 4. The fraction of sp³-hybridized carbons (Fsp3) is 0.298. The topological polar surface area (TPSA) is 138 Å². The first-order valence-electron chi connectivity index (χ1n) is 19.4. The molecule has 2 fully saturated rings. The van der Waals surface area contributed by atoms with Crippen LogP contribution in [-0.2, 0) is 36.0 Å². The molecule has 4 aliphatic rings. The Hall–Kier alpha value is -6.09. The predicted octanol–water partition coefficient (Wildman–Crippen LogP) is 7.44. The molecule has 56 heavy (non-hydrogen) atoms. The molecule has 284 valence electrons. The second kappa shape index (κ2) is 15.2. The molecule has 0 aromatic heterocycles. The van der Waals surface area contributed by atoms with Gasteiger partial charge in [-0.05, 0) is 60.4 Å². The Kier molecular flexibility index (Phi) is 10.0. The smallest absolute Gasteiger partial charge is 0.303 e. The van der Waals surface area contributed by atoms with E-state index in [1.165, 1.54) is 11.0 Å². The lowest BCUT2D eigenvalue weighted by Crippen LogP contribution is -2.58. The van der Waals surface area contributed by atoms with Crippen molar-refractivity contribution in [2.45, 2.75) is 56.5 Å². The highest BCUT2D eigenvalue weighted by Gasteiger charge is 2.66. The van der Waals surface area contributed by atoms with Gasteiger partial charge in [-0.25, -0.2) is 0 Å². The van der Waals surface area contributed by atoms with Crippen LogP contribution in [0.5, 0.6) is 11.5 Å². The third kappa shape index (κ3) is 6.34. The number of nitrogens with zero attached hydrogens (tertiary/aromatic N) is 1. The molecule has 1 saturated carbocycles. The third-order valence-electron chi connectivity index (χ3n) is 12.3. The summed E-state index contributed by atoms with van der Waals surface area (Å²) in [6.45, 7) is 0.471. The van der Waals surface area contributed by atoms with Crippen molar-refractivity contribution in [3.63, 3.8) is 0 Å². The van der Waals surface area contributed by atoms with Gasteiger partial charge in [0.25, 0.3) is 0 Å². The number of phenolic OH excluding ortho intramolecular Hbond substituents is 1. The number of unbranched alkanes of at least 4 members (excludes halogenated alkanes) is 2. The molecule has 0 unspecified atom stereocenters. The predicted molar refractivity (Wildman–Crippen MR) is 208 cm³/mol. The molecule has 0 spiro atoms. The number of rotatable bonds is 12. The first-order valence-corrected chi connectivity index (χ1v) is 19.4. The number of phenols is 1. The van der Waals surface area contributed by atoms with E-state index in [0.29, 0.717) is 47.3 Å². The molecule has 3 aliphatic carbocycles. The van der Waals surface area contributed by atoms with Crippen LogP contribution in [0.15, 0.2) is 127 Å². The third-order valence-corrected chi connectivity index (χ3v) is 12.3. The number of carbonyl (C=O) groups excluding carboxylic acids is 4. The van der Waals surface area contributed by atoms with E-state index in [0.717, 1.165) is 11.1 Å². The Morgan fingerprint density at radius 3 is 2.20 bits per heavy atom. The average Bonchev–Trinajstić information content (AvgIpc) is 3.46. The van der Waals surface area contributed by atoms with E-state index in [2.05, 4.69) is 0 Å². The van der Waals surface area contributed by atoms with Crippen LogP contribution in [-0.4, -0.2) is 51.0 Å². The van der Waals surface area contributed by atoms with Gasteiger partial charge in [-0.1, -0.05) is 115 Å². The summed E-state index contributed by atoms with van der Waals surface area (Å²) in [6, 6.07) is 33.1. The lowest BCUT2D eigenvalue weighted by molar-refractivity contribution is -0.141. The number of Topliss-reactive ketones (excluding diaryl/α,β-unsaturated/α-hetero) is 1. The monoisotopic (exact) mass is 749 g/mol. The summed E-state index contributed by atoms with van der Waals surface area (Å²) in [4.78, 5) is 71.1. The maximum Gasteiger partial charge on any atom is 0.303 e. The van der Waals surface area contributed by atoms with Gasteiger partial charge in [0.15, 0.2) is 11.6 Å². The van der Waals surface area contributed by atoms with Gasteiger partial charge < -0.3 is 14.9 Å². The summed E-state index contributed by atoms with van der Waals surface area (Å²) < 4.78 is 6.07. The van der Waals surface area contributed by atoms with Crippen molar-refractivity contribution in [3.05, 3.63) is 149 Å². The number of allylic oxidation sites excluding steroid dienone is 4. The number of aromatic hydroxyl groups is 1. The largest absolute Gasteiger partial charge is 0.508 e. The zero-order chi connectivity index (χ0) is 39.0. The number of aliphatic carboxylic acids is 1. The molecule has 1 aliphatic heterocycles. The van der Waals surface area contributed by atoms with E-state index in [1.54, 1.807) is 18.2 Å². The minimum absolute atomic E-state index is 0.0214. The lowest BCUT2D eigenvalue weighted by atomic mass is 9.44. The first kappa shape index (κ1) is 36.9. The van der Waals surface area contributed by atoms with Crippen LogP contribution >= 0.6 is 0 Å². The number of imide groups is 1. The van der Waals surface area contributed by atoms with Crippen molar-refractivity contribution in [2.75, 3.05) is 6.54 Å². The van der Waals surface area contributed by atoms with Crippen LogP contribution in [0.3, 0.4) is 0 Å². The van der Waals surface area contributed by atoms with E-state index in [1.807, 2.05) is 97.1 Å². The molecule has 6 atom stereocenters. The number of ketones is 2. The fourth-order valence-electron chi connectivity index (χ4n) is 9.83. The summed E-state index contributed by atoms with van der Waals surface area (Å²) in [6.07, 6.45) is 5.40. The maximum absolute atomic E-state index is 15.3. The highest BCUT2D eigenvalue weighted by Crippen LogP contribution is 2.64. The molecular weight excluding hydrogens is 707 g/mol. The number of benzene rings is 4. The van der Waals surface area contributed by atoms with Crippen molar-refractivity contribution >= 4 is 34.9 Å². The van der Waals surface area contributed by atoms with E-state index in [9.17, 15) is 19.5 Å². The van der Waals surface area contributed by atoms with Crippen molar-refractivity contribution in [1.29, 1.82) is 0 Å². The van der Waals surface area contributed by atoms with Gasteiger partial charge in [-0.3, -0.25) is 28.9 Å². The molecule has 2 amide bonds. The summed E-state index contributed by atoms with van der Waals surface area (Å²) in [5.74, 6) is -5.32. The van der Waals surface area contributed by atoms with Crippen LogP contribution in [0.25, 0.3) is 5.57 Å². The Morgan fingerprint density at radius 1 is 0.804 bits per heavy atom. The molecular formula is C47H43NO8. The van der Waals surface area contributed by atoms with E-state index in [4.69, 9.17) is 9.84 Å². The zero-order valence-corrected chi connectivity index (χ0v) is 30.9.